The number of carbonyl (C=O) groups excluding carboxylic acids is 1. The van der Waals surface area contributed by atoms with Gasteiger partial charge in [-0.1, -0.05) is 17.3 Å². The zero-order valence-electron chi connectivity index (χ0n) is 15.6. The first-order valence-electron chi connectivity index (χ1n) is 8.81. The molecule has 1 heterocycles. The highest BCUT2D eigenvalue weighted by molar-refractivity contribution is 5.76. The van der Waals surface area contributed by atoms with Gasteiger partial charge in [-0.15, -0.1) is 0 Å². The summed E-state index contributed by atoms with van der Waals surface area (Å²) in [6.45, 7) is -2.59. The highest BCUT2D eigenvalue weighted by Crippen LogP contribution is 2.20. The van der Waals surface area contributed by atoms with Crippen LogP contribution in [0.15, 0.2) is 53.1 Å². The Morgan fingerprint density at radius 3 is 2.45 bits per heavy atom. The van der Waals surface area contributed by atoms with Crippen molar-refractivity contribution in [1.82, 2.24) is 15.5 Å². The summed E-state index contributed by atoms with van der Waals surface area (Å²) < 4.78 is 38.8. The summed E-state index contributed by atoms with van der Waals surface area (Å²) >= 11 is 0. The molecule has 0 spiro atoms. The first-order chi connectivity index (χ1) is 14.0. The number of rotatable bonds is 9. The lowest BCUT2D eigenvalue weighted by atomic mass is 10.2. The van der Waals surface area contributed by atoms with Crippen molar-refractivity contribution in [2.75, 3.05) is 7.11 Å². The van der Waals surface area contributed by atoms with E-state index in [1.54, 1.807) is 31.4 Å². The summed E-state index contributed by atoms with van der Waals surface area (Å²) in [6, 6.07) is 13.3. The minimum absolute atomic E-state index is 0.0686. The predicted molar refractivity (Wildman–Crippen MR) is 99.5 cm³/mol. The predicted octanol–water partition coefficient (Wildman–Crippen LogP) is 3.60. The standard InChI is InChI=1S/C20H19F2N3O4/c1-27-15-8-4-14(5-9-15)19-24-18(29-25-19)11-10-17(26)23-12-13-2-6-16(7-3-13)28-20(21)22/h2-9,20H,10-12H2,1H3,(H,23,26). The molecule has 3 aromatic rings. The van der Waals surface area contributed by atoms with Gasteiger partial charge in [-0.2, -0.15) is 13.8 Å². The van der Waals surface area contributed by atoms with E-state index in [2.05, 4.69) is 20.2 Å². The van der Waals surface area contributed by atoms with Gasteiger partial charge >= 0.3 is 6.61 Å². The third kappa shape index (κ3) is 6.00. The topological polar surface area (TPSA) is 86.5 Å². The maximum atomic E-state index is 12.1. The average molecular weight is 403 g/mol. The Bertz CT molecular complexity index is 928. The maximum absolute atomic E-state index is 12.1. The molecule has 1 aromatic heterocycles. The summed E-state index contributed by atoms with van der Waals surface area (Å²) in [5.74, 6) is 1.40. The molecule has 9 heteroatoms. The van der Waals surface area contributed by atoms with Crippen molar-refractivity contribution in [1.29, 1.82) is 0 Å². The number of benzene rings is 2. The second-order valence-corrected chi connectivity index (χ2v) is 6.04. The summed E-state index contributed by atoms with van der Waals surface area (Å²) in [5.41, 5.74) is 1.55. The molecule has 0 aliphatic heterocycles. The fourth-order valence-corrected chi connectivity index (χ4v) is 2.51. The molecule has 0 radical (unpaired) electrons. The smallest absolute Gasteiger partial charge is 0.387 e. The number of nitrogens with one attached hydrogen (secondary N) is 1. The normalized spacial score (nSPS) is 10.8. The largest absolute Gasteiger partial charge is 0.497 e. The van der Waals surface area contributed by atoms with Crippen LogP contribution in [0.1, 0.15) is 17.9 Å². The Morgan fingerprint density at radius 2 is 1.79 bits per heavy atom. The van der Waals surface area contributed by atoms with E-state index in [1.165, 1.54) is 12.1 Å². The molecule has 0 saturated carbocycles. The fourth-order valence-electron chi connectivity index (χ4n) is 2.51. The molecule has 0 fully saturated rings. The Kier molecular flexibility index (Phi) is 6.72. The summed E-state index contributed by atoms with van der Waals surface area (Å²) in [5, 5.41) is 6.67. The number of hydrogen-bond acceptors (Lipinski definition) is 6. The lowest BCUT2D eigenvalue weighted by Gasteiger charge is -2.07. The number of aromatic nitrogens is 2. The molecule has 152 valence electrons. The van der Waals surface area contributed by atoms with Crippen molar-refractivity contribution in [2.24, 2.45) is 0 Å². The van der Waals surface area contributed by atoms with Crippen LogP contribution in [0.2, 0.25) is 0 Å². The highest BCUT2D eigenvalue weighted by atomic mass is 19.3. The van der Waals surface area contributed by atoms with E-state index in [0.29, 0.717) is 18.1 Å². The Balaban J connectivity index is 1.45. The number of aryl methyl sites for hydroxylation is 1. The number of halogens is 2. The van der Waals surface area contributed by atoms with Gasteiger partial charge in [0, 0.05) is 24.9 Å². The summed E-state index contributed by atoms with van der Waals surface area (Å²) in [4.78, 5) is 16.3. The SMILES string of the molecule is COc1ccc(-c2noc(CCC(=O)NCc3ccc(OC(F)F)cc3)n2)cc1. The van der Waals surface area contributed by atoms with Crippen LogP contribution in [0.4, 0.5) is 8.78 Å². The van der Waals surface area contributed by atoms with Crippen LogP contribution in [0.5, 0.6) is 11.5 Å². The average Bonchev–Trinajstić information content (AvgIpc) is 3.20. The Labute approximate surface area is 165 Å². The van der Waals surface area contributed by atoms with Crippen molar-refractivity contribution in [3.05, 3.63) is 60.0 Å². The van der Waals surface area contributed by atoms with Gasteiger partial charge in [0.25, 0.3) is 0 Å². The van der Waals surface area contributed by atoms with Crippen LogP contribution in [-0.4, -0.2) is 29.8 Å². The number of ether oxygens (including phenoxy) is 2. The van der Waals surface area contributed by atoms with Gasteiger partial charge in [-0.3, -0.25) is 4.79 Å². The number of amides is 1. The molecule has 7 nitrogen and oxygen atoms in total. The molecule has 29 heavy (non-hydrogen) atoms. The molecule has 0 unspecified atom stereocenters. The number of nitrogens with zero attached hydrogens (tertiary/aromatic N) is 2. The number of methoxy groups -OCH3 is 1. The van der Waals surface area contributed by atoms with Gasteiger partial charge in [0.05, 0.1) is 7.11 Å². The van der Waals surface area contributed by atoms with Crippen LogP contribution in [-0.2, 0) is 17.8 Å². The highest BCUT2D eigenvalue weighted by Gasteiger charge is 2.11. The molecule has 2 aromatic carbocycles. The fraction of sp³-hybridized carbons (Fsp3) is 0.250. The van der Waals surface area contributed by atoms with Crippen molar-refractivity contribution in [3.63, 3.8) is 0 Å². The van der Waals surface area contributed by atoms with Crippen molar-refractivity contribution in [3.8, 4) is 22.9 Å². The summed E-state index contributed by atoms with van der Waals surface area (Å²) in [6.07, 6.45) is 0.479. The van der Waals surface area contributed by atoms with Gasteiger partial charge in [-0.05, 0) is 42.0 Å². The second-order valence-electron chi connectivity index (χ2n) is 6.04. The molecular formula is C20H19F2N3O4. The molecule has 0 bridgehead atoms. The zero-order chi connectivity index (χ0) is 20.6. The lowest BCUT2D eigenvalue weighted by molar-refractivity contribution is -0.121. The van der Waals surface area contributed by atoms with E-state index >= 15 is 0 Å². The van der Waals surface area contributed by atoms with Crippen molar-refractivity contribution in [2.45, 2.75) is 26.0 Å². The molecule has 0 aliphatic rings. The van der Waals surface area contributed by atoms with Gasteiger partial charge in [0.1, 0.15) is 11.5 Å². The van der Waals surface area contributed by atoms with E-state index < -0.39 is 6.61 Å². The number of alkyl halides is 2. The molecule has 1 N–H and O–H groups in total. The van der Waals surface area contributed by atoms with E-state index in [4.69, 9.17) is 9.26 Å². The van der Waals surface area contributed by atoms with Gasteiger partial charge in [-0.25, -0.2) is 0 Å². The van der Waals surface area contributed by atoms with Crippen LogP contribution < -0.4 is 14.8 Å². The van der Waals surface area contributed by atoms with Crippen LogP contribution in [0, 0.1) is 0 Å². The van der Waals surface area contributed by atoms with Crippen LogP contribution in [0.3, 0.4) is 0 Å². The van der Waals surface area contributed by atoms with Gasteiger partial charge in [0.15, 0.2) is 0 Å². The molecule has 0 atom stereocenters. The molecule has 0 saturated heterocycles. The molecule has 0 aliphatic carbocycles. The molecule has 3 rings (SSSR count). The zero-order valence-corrected chi connectivity index (χ0v) is 15.6. The lowest BCUT2D eigenvalue weighted by Crippen LogP contribution is -2.23. The van der Waals surface area contributed by atoms with E-state index in [1.807, 2.05) is 12.1 Å². The Morgan fingerprint density at radius 1 is 1.10 bits per heavy atom. The quantitative estimate of drug-likeness (QED) is 0.588. The van der Waals surface area contributed by atoms with Crippen LogP contribution in [0.25, 0.3) is 11.4 Å². The van der Waals surface area contributed by atoms with E-state index in [0.717, 1.165) is 16.9 Å². The minimum Gasteiger partial charge on any atom is -0.497 e. The number of hydrogen-bond donors (Lipinski definition) is 1. The third-order valence-corrected chi connectivity index (χ3v) is 4.02. The second kappa shape index (κ2) is 9.63. The van der Waals surface area contributed by atoms with Gasteiger partial charge < -0.3 is 19.3 Å². The number of carbonyl (C=O) groups is 1. The van der Waals surface area contributed by atoms with Crippen molar-refractivity contribution < 1.29 is 27.6 Å². The van der Waals surface area contributed by atoms with Crippen molar-refractivity contribution >= 4 is 5.91 Å². The van der Waals surface area contributed by atoms with Crippen LogP contribution >= 0.6 is 0 Å². The van der Waals surface area contributed by atoms with E-state index in [-0.39, 0.29) is 24.6 Å². The third-order valence-electron chi connectivity index (χ3n) is 4.02. The maximum Gasteiger partial charge on any atom is 0.387 e. The minimum atomic E-state index is -2.87. The molecule has 1 amide bonds. The first kappa shape index (κ1) is 20.2. The monoisotopic (exact) mass is 403 g/mol. The molecular weight excluding hydrogens is 384 g/mol. The summed E-state index contributed by atoms with van der Waals surface area (Å²) in [7, 11) is 1.59. The van der Waals surface area contributed by atoms with E-state index in [9.17, 15) is 13.6 Å². The first-order valence-corrected chi connectivity index (χ1v) is 8.81. The Hall–Kier alpha value is -3.49. The van der Waals surface area contributed by atoms with Gasteiger partial charge in [0.2, 0.25) is 17.6 Å².